The predicted octanol–water partition coefficient (Wildman–Crippen LogP) is 1.89. The van der Waals surface area contributed by atoms with Gasteiger partial charge >= 0.3 is 0 Å². The van der Waals surface area contributed by atoms with Gasteiger partial charge in [0.1, 0.15) is 0 Å². The number of sulfonamides is 1. The van der Waals surface area contributed by atoms with E-state index in [0.717, 1.165) is 10.0 Å². The third kappa shape index (κ3) is 4.59. The lowest BCUT2D eigenvalue weighted by Crippen LogP contribution is -2.20. The number of hydrogen-bond acceptors (Lipinski definition) is 3. The fourth-order valence-electron chi connectivity index (χ4n) is 1.34. The molecule has 94 valence electrons. The molecule has 0 aliphatic rings. The van der Waals surface area contributed by atoms with Crippen molar-refractivity contribution in [3.05, 3.63) is 40.9 Å². The molecular formula is C11H15BrN2O2S. The first-order valence-corrected chi connectivity index (χ1v) is 7.34. The highest BCUT2D eigenvalue weighted by Gasteiger charge is 2.11. The van der Waals surface area contributed by atoms with Crippen LogP contribution in [0.15, 0.2) is 40.2 Å². The van der Waals surface area contributed by atoms with E-state index in [1.165, 1.54) is 6.07 Å². The molecule has 0 aliphatic carbocycles. The van der Waals surface area contributed by atoms with Crippen LogP contribution in [-0.4, -0.2) is 15.0 Å². The van der Waals surface area contributed by atoms with Crippen LogP contribution in [0.2, 0.25) is 0 Å². The van der Waals surface area contributed by atoms with Crippen LogP contribution < -0.4 is 10.5 Å². The van der Waals surface area contributed by atoms with Crippen molar-refractivity contribution in [2.75, 3.05) is 6.54 Å². The van der Waals surface area contributed by atoms with Crippen molar-refractivity contribution in [1.82, 2.24) is 5.32 Å². The molecule has 1 unspecified atom stereocenters. The van der Waals surface area contributed by atoms with E-state index in [9.17, 15) is 8.42 Å². The Bertz CT molecular complexity index is 514. The van der Waals surface area contributed by atoms with Crippen molar-refractivity contribution in [2.24, 2.45) is 5.14 Å². The summed E-state index contributed by atoms with van der Waals surface area (Å²) in [6.45, 7) is 6.27. The average Bonchev–Trinajstić information content (AvgIpc) is 2.25. The zero-order chi connectivity index (χ0) is 13.1. The molecule has 4 nitrogen and oxygen atoms in total. The molecule has 3 N–H and O–H groups in total. The summed E-state index contributed by atoms with van der Waals surface area (Å²) in [6.07, 6.45) is 0. The summed E-state index contributed by atoms with van der Waals surface area (Å²) >= 11 is 3.25. The van der Waals surface area contributed by atoms with E-state index in [-0.39, 0.29) is 10.9 Å². The fraction of sp³-hybridized carbons (Fsp3) is 0.273. The Labute approximate surface area is 110 Å². The maximum Gasteiger partial charge on any atom is 0.238 e. The van der Waals surface area contributed by atoms with Gasteiger partial charge in [-0.1, -0.05) is 34.6 Å². The molecule has 1 aromatic rings. The van der Waals surface area contributed by atoms with Crippen LogP contribution in [0.1, 0.15) is 18.5 Å². The number of rotatable bonds is 5. The van der Waals surface area contributed by atoms with E-state index in [4.69, 9.17) is 5.14 Å². The van der Waals surface area contributed by atoms with Gasteiger partial charge in [-0.15, -0.1) is 0 Å². The number of nitrogens with one attached hydrogen (secondary N) is 1. The average molecular weight is 319 g/mol. The lowest BCUT2D eigenvalue weighted by atomic mass is 10.1. The van der Waals surface area contributed by atoms with Gasteiger partial charge in [-0.25, -0.2) is 13.6 Å². The van der Waals surface area contributed by atoms with Crippen LogP contribution in [0.5, 0.6) is 0 Å². The molecule has 17 heavy (non-hydrogen) atoms. The second-order valence-corrected chi connectivity index (χ2v) is 6.42. The molecule has 0 saturated heterocycles. The Morgan fingerprint density at radius 3 is 2.76 bits per heavy atom. The molecule has 6 heteroatoms. The Morgan fingerprint density at radius 1 is 1.59 bits per heavy atom. The van der Waals surface area contributed by atoms with Crippen LogP contribution in [0, 0.1) is 0 Å². The lowest BCUT2D eigenvalue weighted by molar-refractivity contribution is 0.595. The van der Waals surface area contributed by atoms with Crippen molar-refractivity contribution in [2.45, 2.75) is 17.9 Å². The van der Waals surface area contributed by atoms with Gasteiger partial charge in [0.15, 0.2) is 0 Å². The van der Waals surface area contributed by atoms with Gasteiger partial charge in [-0.05, 0) is 24.6 Å². The van der Waals surface area contributed by atoms with Crippen molar-refractivity contribution in [3.8, 4) is 0 Å². The van der Waals surface area contributed by atoms with E-state index in [1.54, 1.807) is 12.1 Å². The molecule has 0 radical (unpaired) electrons. The van der Waals surface area contributed by atoms with Gasteiger partial charge in [-0.2, -0.15) is 0 Å². The van der Waals surface area contributed by atoms with Gasteiger partial charge in [0, 0.05) is 17.1 Å². The summed E-state index contributed by atoms with van der Waals surface area (Å²) in [5.74, 6) is 0. The summed E-state index contributed by atoms with van der Waals surface area (Å²) in [5.41, 5.74) is 0.866. The Kier molecular flexibility index (Phi) is 4.88. The molecule has 1 rings (SSSR count). The third-order valence-electron chi connectivity index (χ3n) is 2.29. The van der Waals surface area contributed by atoms with Crippen LogP contribution in [0.4, 0.5) is 0 Å². The molecule has 0 aliphatic heterocycles. The summed E-state index contributed by atoms with van der Waals surface area (Å²) in [6, 6.07) is 6.60. The van der Waals surface area contributed by atoms with Gasteiger partial charge < -0.3 is 5.32 Å². The second kappa shape index (κ2) is 5.77. The molecule has 0 spiro atoms. The quantitative estimate of drug-likeness (QED) is 0.870. The van der Waals surface area contributed by atoms with Crippen LogP contribution in [0.3, 0.4) is 0 Å². The standard InChI is InChI=1S/C11H15BrN2O2S/c1-8(12)7-14-9(2)10-4-3-5-11(6-10)17(13,15)16/h3-6,9,14H,1,7H2,2H3,(H2,13,15,16). The molecular weight excluding hydrogens is 304 g/mol. The molecule has 0 heterocycles. The van der Waals surface area contributed by atoms with Gasteiger partial charge in [0.25, 0.3) is 0 Å². The van der Waals surface area contributed by atoms with Crippen molar-refractivity contribution >= 4 is 26.0 Å². The first-order chi connectivity index (χ1) is 7.80. The molecule has 0 amide bonds. The number of halogens is 1. The Hall–Kier alpha value is -0.690. The minimum absolute atomic E-state index is 0.0194. The summed E-state index contributed by atoms with van der Waals surface area (Å²) < 4.78 is 23.3. The maximum atomic E-state index is 11.2. The first kappa shape index (κ1) is 14.4. The first-order valence-electron chi connectivity index (χ1n) is 5.00. The summed E-state index contributed by atoms with van der Waals surface area (Å²) in [7, 11) is -3.64. The molecule has 1 aromatic carbocycles. The Morgan fingerprint density at radius 2 is 2.24 bits per heavy atom. The molecule has 0 saturated carbocycles. The zero-order valence-corrected chi connectivity index (χ0v) is 11.9. The SMILES string of the molecule is C=C(Br)CNC(C)c1cccc(S(N)(=O)=O)c1. The molecule has 0 aromatic heterocycles. The minimum atomic E-state index is -3.64. The Balaban J connectivity index is 2.88. The second-order valence-electron chi connectivity index (χ2n) is 3.74. The van der Waals surface area contributed by atoms with E-state index in [2.05, 4.69) is 27.8 Å². The lowest BCUT2D eigenvalue weighted by Gasteiger charge is -2.14. The van der Waals surface area contributed by atoms with Crippen LogP contribution in [-0.2, 0) is 10.0 Å². The maximum absolute atomic E-state index is 11.2. The highest BCUT2D eigenvalue weighted by molar-refractivity contribution is 9.11. The van der Waals surface area contributed by atoms with Crippen molar-refractivity contribution in [3.63, 3.8) is 0 Å². The minimum Gasteiger partial charge on any atom is -0.306 e. The number of primary sulfonamides is 1. The van der Waals surface area contributed by atoms with E-state index in [0.29, 0.717) is 6.54 Å². The highest BCUT2D eigenvalue weighted by Crippen LogP contribution is 2.17. The number of hydrogen-bond donors (Lipinski definition) is 2. The van der Waals surface area contributed by atoms with Gasteiger partial charge in [0.05, 0.1) is 4.90 Å². The van der Waals surface area contributed by atoms with Crippen molar-refractivity contribution in [1.29, 1.82) is 0 Å². The fourth-order valence-corrected chi connectivity index (χ4v) is 2.07. The predicted molar refractivity (Wildman–Crippen MR) is 72.3 cm³/mol. The summed E-state index contributed by atoms with van der Waals surface area (Å²) in [4.78, 5) is 0.126. The molecule has 1 atom stereocenters. The van der Waals surface area contributed by atoms with Crippen molar-refractivity contribution < 1.29 is 8.42 Å². The molecule has 0 bridgehead atoms. The monoisotopic (exact) mass is 318 g/mol. The molecule has 0 fully saturated rings. The summed E-state index contributed by atoms with van der Waals surface area (Å²) in [5, 5.41) is 8.27. The largest absolute Gasteiger partial charge is 0.306 e. The topological polar surface area (TPSA) is 72.2 Å². The smallest absolute Gasteiger partial charge is 0.238 e. The normalized spacial score (nSPS) is 13.4. The number of nitrogens with two attached hydrogens (primary N) is 1. The van der Waals surface area contributed by atoms with Crippen LogP contribution >= 0.6 is 15.9 Å². The van der Waals surface area contributed by atoms with E-state index >= 15 is 0 Å². The van der Waals surface area contributed by atoms with E-state index in [1.807, 2.05) is 13.0 Å². The van der Waals surface area contributed by atoms with Gasteiger partial charge in [0.2, 0.25) is 10.0 Å². The van der Waals surface area contributed by atoms with Gasteiger partial charge in [-0.3, -0.25) is 0 Å². The van der Waals surface area contributed by atoms with E-state index < -0.39 is 10.0 Å². The number of benzene rings is 1. The third-order valence-corrected chi connectivity index (χ3v) is 3.48. The van der Waals surface area contributed by atoms with Crippen LogP contribution in [0.25, 0.3) is 0 Å². The highest BCUT2D eigenvalue weighted by atomic mass is 79.9. The zero-order valence-electron chi connectivity index (χ0n) is 9.48.